The van der Waals surface area contributed by atoms with E-state index in [1.807, 2.05) is 26.0 Å². The molecule has 0 radical (unpaired) electrons. The number of nitrogens with zero attached hydrogens (tertiary/aromatic N) is 3. The van der Waals surface area contributed by atoms with Gasteiger partial charge in [0.2, 0.25) is 0 Å². The van der Waals surface area contributed by atoms with Crippen molar-refractivity contribution in [2.24, 2.45) is 0 Å². The molecule has 0 N–H and O–H groups in total. The van der Waals surface area contributed by atoms with Crippen LogP contribution in [-0.4, -0.2) is 15.0 Å². The maximum absolute atomic E-state index is 6.21. The molecule has 0 spiro atoms. The van der Waals surface area contributed by atoms with E-state index in [1.165, 1.54) is 0 Å². The number of pyridine rings is 1. The van der Waals surface area contributed by atoms with Gasteiger partial charge < -0.3 is 0 Å². The summed E-state index contributed by atoms with van der Waals surface area (Å²) in [6, 6.07) is 3.97. The Morgan fingerprint density at radius 2 is 1.74 bits per heavy atom. The molecule has 0 bridgehead atoms. The summed E-state index contributed by atoms with van der Waals surface area (Å²) in [5.74, 6) is 0.683. The van der Waals surface area contributed by atoms with Crippen LogP contribution in [0.1, 0.15) is 30.4 Å². The molecule has 5 heteroatoms. The number of hydrogen-bond donors (Lipinski definition) is 0. The van der Waals surface area contributed by atoms with Crippen molar-refractivity contribution in [3.63, 3.8) is 0 Å². The molecule has 19 heavy (non-hydrogen) atoms. The summed E-state index contributed by atoms with van der Waals surface area (Å²) in [6.07, 6.45) is 1.95. The van der Waals surface area contributed by atoms with Crippen LogP contribution in [0.25, 0.3) is 11.4 Å². The Morgan fingerprint density at radius 1 is 1.11 bits per heavy atom. The molecule has 0 aliphatic carbocycles. The lowest BCUT2D eigenvalue weighted by Gasteiger charge is -2.08. The molecule has 2 heterocycles. The molecule has 0 aliphatic heterocycles. The first kappa shape index (κ1) is 14.7. The highest BCUT2D eigenvalue weighted by Gasteiger charge is 2.12. The van der Waals surface area contributed by atoms with Gasteiger partial charge >= 0.3 is 0 Å². The predicted molar refractivity (Wildman–Crippen MR) is 86.5 cm³/mol. The Morgan fingerprint density at radius 3 is 2.32 bits per heavy atom. The van der Waals surface area contributed by atoms with E-state index in [9.17, 15) is 0 Å². The summed E-state index contributed by atoms with van der Waals surface area (Å²) in [5.41, 5.74) is 3.92. The zero-order chi connectivity index (χ0) is 14.0. The van der Waals surface area contributed by atoms with Crippen LogP contribution < -0.4 is 0 Å². The maximum Gasteiger partial charge on any atom is 0.161 e. The number of aromatic nitrogens is 3. The molecule has 100 valence electrons. The fraction of sp³-hybridized carbons (Fsp3) is 0.357. The monoisotopic (exact) mass is 387 g/mol. The summed E-state index contributed by atoms with van der Waals surface area (Å²) < 4.78 is 0.951. The Balaban J connectivity index is 2.55. The second-order valence-corrected chi connectivity index (χ2v) is 5.92. The number of rotatable bonds is 3. The summed E-state index contributed by atoms with van der Waals surface area (Å²) >= 11 is 8.42. The molecule has 2 rings (SSSR count). The summed E-state index contributed by atoms with van der Waals surface area (Å²) in [4.78, 5) is 13.4. The van der Waals surface area contributed by atoms with Crippen molar-refractivity contribution < 1.29 is 0 Å². The van der Waals surface area contributed by atoms with E-state index < -0.39 is 0 Å². The maximum atomic E-state index is 6.21. The van der Waals surface area contributed by atoms with Gasteiger partial charge in [0.15, 0.2) is 5.82 Å². The molecule has 0 aliphatic rings. The van der Waals surface area contributed by atoms with Gasteiger partial charge in [0.25, 0.3) is 0 Å². The Kier molecular flexibility index (Phi) is 4.73. The lowest BCUT2D eigenvalue weighted by Crippen LogP contribution is -2.01. The second kappa shape index (κ2) is 6.13. The lowest BCUT2D eigenvalue weighted by molar-refractivity contribution is 0.867. The fourth-order valence-corrected chi connectivity index (χ4v) is 2.66. The second-order valence-electron chi connectivity index (χ2n) is 4.49. The number of halogens is 2. The molecule has 3 nitrogen and oxygen atoms in total. The normalized spacial score (nSPS) is 10.8. The van der Waals surface area contributed by atoms with Gasteiger partial charge in [-0.3, -0.25) is 4.98 Å². The number of hydrogen-bond acceptors (Lipinski definition) is 3. The summed E-state index contributed by atoms with van der Waals surface area (Å²) in [6.45, 7) is 6.07. The van der Waals surface area contributed by atoms with Gasteiger partial charge in [-0.05, 0) is 55.0 Å². The van der Waals surface area contributed by atoms with E-state index in [-0.39, 0.29) is 0 Å². The minimum Gasteiger partial charge on any atom is -0.258 e. The topological polar surface area (TPSA) is 38.7 Å². The molecular weight excluding hydrogens is 373 g/mol. The minimum atomic E-state index is 0.529. The molecular formula is C14H15ClIN3. The highest BCUT2D eigenvalue weighted by Crippen LogP contribution is 2.25. The molecule has 0 aromatic carbocycles. The SMILES string of the molecule is CCCc1nc(-c2cc(C)nc(C)c2)nc(Cl)c1I. The molecule has 0 atom stereocenters. The zero-order valence-corrected chi connectivity index (χ0v) is 14.1. The molecule has 0 unspecified atom stereocenters. The van der Waals surface area contributed by atoms with Crippen molar-refractivity contribution >= 4 is 34.2 Å². The third-order valence-electron chi connectivity index (χ3n) is 2.71. The van der Waals surface area contributed by atoms with Crippen molar-refractivity contribution in [2.75, 3.05) is 0 Å². The van der Waals surface area contributed by atoms with Crippen molar-refractivity contribution in [1.82, 2.24) is 15.0 Å². The van der Waals surface area contributed by atoms with Crippen LogP contribution in [0.5, 0.6) is 0 Å². The lowest BCUT2D eigenvalue weighted by atomic mass is 10.1. The molecule has 0 fully saturated rings. The molecule has 0 saturated heterocycles. The Labute approximate surface area is 132 Å². The standard InChI is InChI=1S/C14H15ClIN3/c1-4-5-11-12(16)13(15)19-14(18-11)10-6-8(2)17-9(3)7-10/h6-7H,4-5H2,1-3H3. The first-order valence-electron chi connectivity index (χ1n) is 6.18. The van der Waals surface area contributed by atoms with Crippen molar-refractivity contribution in [1.29, 1.82) is 0 Å². The predicted octanol–water partition coefficient (Wildman–Crippen LogP) is 4.37. The van der Waals surface area contributed by atoms with Gasteiger partial charge in [0.1, 0.15) is 5.15 Å². The average Bonchev–Trinajstić information content (AvgIpc) is 2.33. The van der Waals surface area contributed by atoms with E-state index in [1.54, 1.807) is 0 Å². The largest absolute Gasteiger partial charge is 0.258 e. The van der Waals surface area contributed by atoms with Crippen LogP contribution in [0.2, 0.25) is 5.15 Å². The minimum absolute atomic E-state index is 0.529. The van der Waals surface area contributed by atoms with Gasteiger partial charge in [0.05, 0.1) is 9.26 Å². The molecule has 2 aromatic heterocycles. The highest BCUT2D eigenvalue weighted by molar-refractivity contribution is 14.1. The van der Waals surface area contributed by atoms with Gasteiger partial charge in [-0.1, -0.05) is 24.9 Å². The van der Waals surface area contributed by atoms with Gasteiger partial charge in [-0.25, -0.2) is 9.97 Å². The highest BCUT2D eigenvalue weighted by atomic mass is 127. The van der Waals surface area contributed by atoms with E-state index in [2.05, 4.69) is 44.5 Å². The van der Waals surface area contributed by atoms with E-state index in [4.69, 9.17) is 11.6 Å². The van der Waals surface area contributed by atoms with E-state index >= 15 is 0 Å². The van der Waals surface area contributed by atoms with Gasteiger partial charge in [-0.2, -0.15) is 0 Å². The van der Waals surface area contributed by atoms with Gasteiger partial charge in [0, 0.05) is 17.0 Å². The third-order valence-corrected chi connectivity index (χ3v) is 4.43. The Bertz CT molecular complexity index is 594. The van der Waals surface area contributed by atoms with Crippen LogP contribution in [-0.2, 0) is 6.42 Å². The Hall–Kier alpha value is -0.750. The van der Waals surface area contributed by atoms with Crippen LogP contribution >= 0.6 is 34.2 Å². The molecule has 2 aromatic rings. The zero-order valence-electron chi connectivity index (χ0n) is 11.2. The first-order chi connectivity index (χ1) is 9.01. The van der Waals surface area contributed by atoms with Gasteiger partial charge in [-0.15, -0.1) is 0 Å². The smallest absolute Gasteiger partial charge is 0.161 e. The van der Waals surface area contributed by atoms with Crippen LogP contribution in [0.15, 0.2) is 12.1 Å². The molecule has 0 saturated carbocycles. The van der Waals surface area contributed by atoms with Crippen LogP contribution in [0.3, 0.4) is 0 Å². The van der Waals surface area contributed by atoms with Crippen LogP contribution in [0, 0.1) is 17.4 Å². The average molecular weight is 388 g/mol. The first-order valence-corrected chi connectivity index (χ1v) is 7.64. The van der Waals surface area contributed by atoms with Crippen molar-refractivity contribution in [3.8, 4) is 11.4 Å². The fourth-order valence-electron chi connectivity index (χ4n) is 1.96. The van der Waals surface area contributed by atoms with Crippen molar-refractivity contribution in [3.05, 3.63) is 37.9 Å². The summed E-state index contributed by atoms with van der Waals surface area (Å²) in [7, 11) is 0. The van der Waals surface area contributed by atoms with E-state index in [0.29, 0.717) is 11.0 Å². The molecule has 0 amide bonds. The van der Waals surface area contributed by atoms with E-state index in [0.717, 1.165) is 39.1 Å². The summed E-state index contributed by atoms with van der Waals surface area (Å²) in [5, 5.41) is 0.529. The van der Waals surface area contributed by atoms with Crippen LogP contribution in [0.4, 0.5) is 0 Å². The quantitative estimate of drug-likeness (QED) is 0.580. The van der Waals surface area contributed by atoms with Crippen molar-refractivity contribution in [2.45, 2.75) is 33.6 Å². The number of aryl methyl sites for hydroxylation is 3. The third kappa shape index (κ3) is 3.42.